The third-order valence-corrected chi connectivity index (χ3v) is 5.76. The minimum absolute atomic E-state index is 0.194. The second kappa shape index (κ2) is 8.22. The molecule has 0 saturated heterocycles. The smallest absolute Gasteiger partial charge is 0.262 e. The molecule has 6 nitrogen and oxygen atoms in total. The number of anilines is 1. The van der Waals surface area contributed by atoms with Crippen molar-refractivity contribution in [2.45, 2.75) is 25.3 Å². The van der Waals surface area contributed by atoms with Crippen LogP contribution in [0.1, 0.15) is 27.0 Å². The van der Waals surface area contributed by atoms with Gasteiger partial charge in [-0.2, -0.15) is 0 Å². The number of nitrogens with zero attached hydrogens (tertiary/aromatic N) is 1. The zero-order valence-electron chi connectivity index (χ0n) is 15.6. The fourth-order valence-corrected chi connectivity index (χ4v) is 4.16. The summed E-state index contributed by atoms with van der Waals surface area (Å²) < 4.78 is 28.3. The van der Waals surface area contributed by atoms with Gasteiger partial charge in [-0.1, -0.05) is 24.3 Å². The van der Waals surface area contributed by atoms with Crippen LogP contribution < -0.4 is 10.0 Å². The number of sulfonamides is 1. The maximum absolute atomic E-state index is 12.9. The number of hydrogen-bond donors (Lipinski definition) is 2. The number of carbonyl (C=O) groups is 1. The van der Waals surface area contributed by atoms with Crippen LogP contribution in [0.4, 0.5) is 5.69 Å². The van der Waals surface area contributed by atoms with E-state index in [9.17, 15) is 13.2 Å². The Hall–Kier alpha value is -3.19. The lowest BCUT2D eigenvalue weighted by Gasteiger charge is -2.14. The van der Waals surface area contributed by atoms with E-state index in [4.69, 9.17) is 0 Å². The van der Waals surface area contributed by atoms with Gasteiger partial charge in [0.15, 0.2) is 0 Å². The quantitative estimate of drug-likeness (QED) is 0.669. The molecule has 0 radical (unpaired) electrons. The Morgan fingerprint density at radius 2 is 1.71 bits per heavy atom. The molecule has 7 heteroatoms. The summed E-state index contributed by atoms with van der Waals surface area (Å²) >= 11 is 0. The van der Waals surface area contributed by atoms with E-state index in [1.54, 1.807) is 67.8 Å². The maximum Gasteiger partial charge on any atom is 0.262 e. The summed E-state index contributed by atoms with van der Waals surface area (Å²) in [5.41, 5.74) is 2.87. The summed E-state index contributed by atoms with van der Waals surface area (Å²) in [6, 6.07) is 15.4. The molecule has 144 valence electrons. The van der Waals surface area contributed by atoms with Crippen LogP contribution in [0.2, 0.25) is 0 Å². The first kappa shape index (κ1) is 19.6. The van der Waals surface area contributed by atoms with Crippen molar-refractivity contribution in [3.05, 3.63) is 89.2 Å². The summed E-state index contributed by atoms with van der Waals surface area (Å²) in [5.74, 6) is -0.365. The van der Waals surface area contributed by atoms with Gasteiger partial charge in [-0.15, -0.1) is 0 Å². The molecule has 1 amide bonds. The van der Waals surface area contributed by atoms with Crippen LogP contribution in [0.15, 0.2) is 71.9 Å². The largest absolute Gasteiger partial charge is 0.348 e. The Balaban J connectivity index is 1.83. The van der Waals surface area contributed by atoms with Crippen molar-refractivity contribution in [2.24, 2.45) is 0 Å². The number of carbonyl (C=O) groups excluding carboxylic acids is 1. The Morgan fingerprint density at radius 1 is 1.00 bits per heavy atom. The van der Waals surface area contributed by atoms with E-state index in [1.807, 2.05) is 13.0 Å². The minimum atomic E-state index is -3.83. The van der Waals surface area contributed by atoms with E-state index >= 15 is 0 Å². The number of benzene rings is 2. The fourth-order valence-electron chi connectivity index (χ4n) is 2.74. The van der Waals surface area contributed by atoms with E-state index in [0.29, 0.717) is 12.1 Å². The van der Waals surface area contributed by atoms with E-state index < -0.39 is 10.0 Å². The van der Waals surface area contributed by atoms with Gasteiger partial charge < -0.3 is 5.32 Å². The summed E-state index contributed by atoms with van der Waals surface area (Å²) in [7, 11) is -3.83. The molecule has 0 atom stereocenters. The molecule has 28 heavy (non-hydrogen) atoms. The average molecular weight is 395 g/mol. The van der Waals surface area contributed by atoms with Crippen molar-refractivity contribution in [1.82, 2.24) is 10.3 Å². The topological polar surface area (TPSA) is 88.2 Å². The molecule has 1 aromatic heterocycles. The number of para-hydroxylation sites is 1. The van der Waals surface area contributed by atoms with Gasteiger partial charge in [0.1, 0.15) is 0 Å². The highest BCUT2D eigenvalue weighted by Gasteiger charge is 2.20. The highest BCUT2D eigenvalue weighted by molar-refractivity contribution is 7.92. The van der Waals surface area contributed by atoms with Crippen LogP contribution in [0.25, 0.3) is 0 Å². The van der Waals surface area contributed by atoms with Gasteiger partial charge in [0.25, 0.3) is 15.9 Å². The monoisotopic (exact) mass is 395 g/mol. The predicted octanol–water partition coefficient (Wildman–Crippen LogP) is 3.43. The lowest BCUT2D eigenvalue weighted by atomic mass is 10.1. The minimum Gasteiger partial charge on any atom is -0.348 e. The van der Waals surface area contributed by atoms with E-state index in [-0.39, 0.29) is 22.1 Å². The standard InChI is InChI=1S/C21H21N3O3S/c1-15-7-8-16(2)20(13-15)28(26,27)24-19-6-4-3-5-18(19)21(25)23-14-17-9-11-22-12-10-17/h3-13,24H,14H2,1-2H3,(H,23,25). The predicted molar refractivity (Wildman–Crippen MR) is 109 cm³/mol. The number of rotatable bonds is 6. The Morgan fingerprint density at radius 3 is 2.46 bits per heavy atom. The summed E-state index contributed by atoms with van der Waals surface area (Å²) in [5, 5.41) is 2.80. The zero-order valence-corrected chi connectivity index (χ0v) is 16.5. The average Bonchev–Trinajstić information content (AvgIpc) is 2.69. The number of aromatic nitrogens is 1. The SMILES string of the molecule is Cc1ccc(C)c(S(=O)(=O)Nc2ccccc2C(=O)NCc2ccncc2)c1. The van der Waals surface area contributed by atoms with Gasteiger partial charge in [0.2, 0.25) is 0 Å². The number of nitrogens with one attached hydrogen (secondary N) is 2. The molecule has 0 spiro atoms. The number of amides is 1. The molecule has 0 saturated carbocycles. The molecule has 3 aromatic rings. The van der Waals surface area contributed by atoms with E-state index in [2.05, 4.69) is 15.0 Å². The molecular formula is C21H21N3O3S. The zero-order chi connectivity index (χ0) is 20.1. The first-order chi connectivity index (χ1) is 13.4. The first-order valence-electron chi connectivity index (χ1n) is 8.73. The molecule has 2 N–H and O–H groups in total. The number of aryl methyl sites for hydroxylation is 2. The molecule has 3 rings (SSSR count). The van der Waals surface area contributed by atoms with Crippen LogP contribution in [0.5, 0.6) is 0 Å². The van der Waals surface area contributed by atoms with Crippen LogP contribution >= 0.6 is 0 Å². The van der Waals surface area contributed by atoms with Crippen LogP contribution in [0.3, 0.4) is 0 Å². The van der Waals surface area contributed by atoms with Gasteiger partial charge in [-0.05, 0) is 60.9 Å². The second-order valence-corrected chi connectivity index (χ2v) is 8.11. The Bertz CT molecular complexity index is 1100. The molecule has 0 aliphatic rings. The molecule has 0 unspecified atom stereocenters. The molecule has 0 fully saturated rings. The summed E-state index contributed by atoms with van der Waals surface area (Å²) in [4.78, 5) is 16.8. The normalized spacial score (nSPS) is 11.1. The highest BCUT2D eigenvalue weighted by atomic mass is 32.2. The van der Waals surface area contributed by atoms with E-state index in [1.165, 1.54) is 0 Å². The molecular weight excluding hydrogens is 374 g/mol. The van der Waals surface area contributed by atoms with Crippen molar-refractivity contribution in [1.29, 1.82) is 0 Å². The highest BCUT2D eigenvalue weighted by Crippen LogP contribution is 2.23. The first-order valence-corrected chi connectivity index (χ1v) is 10.2. The van der Waals surface area contributed by atoms with Crippen molar-refractivity contribution in [2.75, 3.05) is 4.72 Å². The number of hydrogen-bond acceptors (Lipinski definition) is 4. The van der Waals surface area contributed by atoms with Crippen molar-refractivity contribution >= 4 is 21.6 Å². The Kier molecular flexibility index (Phi) is 5.75. The van der Waals surface area contributed by atoms with Gasteiger partial charge >= 0.3 is 0 Å². The van der Waals surface area contributed by atoms with Gasteiger partial charge in [0, 0.05) is 18.9 Å². The molecule has 2 aromatic carbocycles. The third-order valence-electron chi connectivity index (χ3n) is 4.25. The molecule has 1 heterocycles. The lowest BCUT2D eigenvalue weighted by molar-refractivity contribution is 0.0952. The molecule has 0 bridgehead atoms. The molecule has 0 aliphatic heterocycles. The number of pyridine rings is 1. The second-order valence-electron chi connectivity index (χ2n) is 6.46. The summed E-state index contributed by atoms with van der Waals surface area (Å²) in [6.07, 6.45) is 3.29. The lowest BCUT2D eigenvalue weighted by Crippen LogP contribution is -2.25. The Labute approximate surface area is 164 Å². The fraction of sp³-hybridized carbons (Fsp3) is 0.143. The van der Waals surface area contributed by atoms with Crippen LogP contribution in [-0.4, -0.2) is 19.3 Å². The van der Waals surface area contributed by atoms with Crippen LogP contribution in [-0.2, 0) is 16.6 Å². The molecule has 0 aliphatic carbocycles. The van der Waals surface area contributed by atoms with Gasteiger partial charge in [-0.3, -0.25) is 14.5 Å². The maximum atomic E-state index is 12.9. The van der Waals surface area contributed by atoms with Gasteiger partial charge in [0.05, 0.1) is 16.1 Å². The third kappa shape index (κ3) is 4.55. The van der Waals surface area contributed by atoms with Crippen molar-refractivity contribution in [3.63, 3.8) is 0 Å². The van der Waals surface area contributed by atoms with E-state index in [0.717, 1.165) is 11.1 Å². The summed E-state index contributed by atoms with van der Waals surface area (Å²) in [6.45, 7) is 3.89. The van der Waals surface area contributed by atoms with Crippen molar-refractivity contribution in [3.8, 4) is 0 Å². The van der Waals surface area contributed by atoms with Crippen LogP contribution in [0, 0.1) is 13.8 Å². The van der Waals surface area contributed by atoms with Gasteiger partial charge in [-0.25, -0.2) is 8.42 Å². The van der Waals surface area contributed by atoms with Crippen molar-refractivity contribution < 1.29 is 13.2 Å².